The molecule has 0 unspecified atom stereocenters. The third-order valence-electron chi connectivity index (χ3n) is 2.56. The van der Waals surface area contributed by atoms with Crippen molar-refractivity contribution in [2.75, 3.05) is 0 Å². The molecule has 0 aromatic heterocycles. The van der Waals surface area contributed by atoms with E-state index in [1.807, 2.05) is 0 Å². The van der Waals surface area contributed by atoms with Gasteiger partial charge in [0.1, 0.15) is 12.2 Å². The summed E-state index contributed by atoms with van der Waals surface area (Å²) in [6.07, 6.45) is -4.02. The van der Waals surface area contributed by atoms with E-state index in [1.165, 1.54) is 27.7 Å². The summed E-state index contributed by atoms with van der Waals surface area (Å²) < 4.78 is 20.2. The van der Waals surface area contributed by atoms with Crippen molar-refractivity contribution in [1.29, 1.82) is 0 Å². The Morgan fingerprint density at radius 1 is 0.545 bits per heavy atom. The van der Waals surface area contributed by atoms with E-state index >= 15 is 0 Å². The fourth-order valence-corrected chi connectivity index (χ4v) is 1.90. The molecule has 0 spiro atoms. The van der Waals surface area contributed by atoms with Crippen LogP contribution in [0, 0.1) is 0 Å². The van der Waals surface area contributed by atoms with Crippen molar-refractivity contribution < 1.29 is 38.1 Å². The Balaban J connectivity index is 5.39. The molecule has 0 aliphatic rings. The van der Waals surface area contributed by atoms with Crippen LogP contribution in [0.4, 0.5) is 0 Å². The van der Waals surface area contributed by atoms with Gasteiger partial charge in [-0.1, -0.05) is 0 Å². The number of carbonyl (C=O) groups excluding carboxylic acids is 4. The Morgan fingerprint density at radius 2 is 0.773 bits per heavy atom. The van der Waals surface area contributed by atoms with E-state index in [4.69, 9.17) is 18.9 Å². The van der Waals surface area contributed by atoms with Gasteiger partial charge in [-0.3, -0.25) is 19.2 Å². The second-order valence-corrected chi connectivity index (χ2v) is 4.78. The summed E-state index contributed by atoms with van der Waals surface area (Å²) in [7, 11) is 0. The van der Waals surface area contributed by atoms with Crippen LogP contribution < -0.4 is 0 Å². The van der Waals surface area contributed by atoms with Gasteiger partial charge < -0.3 is 18.9 Å². The lowest BCUT2D eigenvalue weighted by Crippen LogP contribution is -2.49. The molecule has 0 aliphatic carbocycles. The molecule has 0 amide bonds. The van der Waals surface area contributed by atoms with Gasteiger partial charge in [0.2, 0.25) is 0 Å². The molecule has 0 heterocycles. The molecule has 0 rings (SSSR count). The fourth-order valence-electron chi connectivity index (χ4n) is 1.90. The molecule has 0 aromatic rings. The van der Waals surface area contributed by atoms with Gasteiger partial charge in [0.15, 0.2) is 12.2 Å². The second kappa shape index (κ2) is 9.01. The smallest absolute Gasteiger partial charge is 0.303 e. The highest BCUT2D eigenvalue weighted by Gasteiger charge is 2.39. The molecular formula is C14H22O8. The van der Waals surface area contributed by atoms with E-state index in [-0.39, 0.29) is 0 Å². The van der Waals surface area contributed by atoms with Crippen LogP contribution in [0.3, 0.4) is 0 Å². The zero-order valence-electron chi connectivity index (χ0n) is 13.6. The minimum atomic E-state index is -1.11. The van der Waals surface area contributed by atoms with Crippen LogP contribution in [0.2, 0.25) is 0 Å². The molecule has 0 bridgehead atoms. The van der Waals surface area contributed by atoms with Crippen LogP contribution in [0.1, 0.15) is 41.5 Å². The molecule has 0 N–H and O–H groups in total. The average Bonchev–Trinajstić information content (AvgIpc) is 2.30. The van der Waals surface area contributed by atoms with Crippen molar-refractivity contribution in [3.05, 3.63) is 0 Å². The zero-order valence-corrected chi connectivity index (χ0v) is 13.6. The molecule has 22 heavy (non-hydrogen) atoms. The fraction of sp³-hybridized carbons (Fsp3) is 0.714. The van der Waals surface area contributed by atoms with Gasteiger partial charge in [-0.2, -0.15) is 0 Å². The molecular weight excluding hydrogens is 296 g/mol. The first-order valence-electron chi connectivity index (χ1n) is 6.73. The van der Waals surface area contributed by atoms with Crippen molar-refractivity contribution in [3.8, 4) is 0 Å². The average molecular weight is 318 g/mol. The van der Waals surface area contributed by atoms with E-state index in [0.29, 0.717) is 0 Å². The monoisotopic (exact) mass is 318 g/mol. The van der Waals surface area contributed by atoms with Gasteiger partial charge in [0.25, 0.3) is 0 Å². The SMILES string of the molecule is CC(=O)O[C@H]([C@@H](OC(C)=O)[C@@H](C)OC(C)=O)[C@H](C)OC(C)=O. The first kappa shape index (κ1) is 19.9. The summed E-state index contributed by atoms with van der Waals surface area (Å²) in [6.45, 7) is 7.66. The van der Waals surface area contributed by atoms with Crippen LogP contribution in [0.5, 0.6) is 0 Å². The third-order valence-corrected chi connectivity index (χ3v) is 2.56. The van der Waals surface area contributed by atoms with E-state index < -0.39 is 48.3 Å². The summed E-state index contributed by atoms with van der Waals surface area (Å²) in [5.74, 6) is -2.50. The first-order valence-corrected chi connectivity index (χ1v) is 6.73. The lowest BCUT2D eigenvalue weighted by atomic mass is 10.0. The Morgan fingerprint density at radius 3 is 0.955 bits per heavy atom. The molecule has 8 nitrogen and oxygen atoms in total. The highest BCUT2D eigenvalue weighted by atomic mass is 16.6. The van der Waals surface area contributed by atoms with Crippen LogP contribution >= 0.6 is 0 Å². The predicted octanol–water partition coefficient (Wildman–Crippen LogP) is 0.753. The van der Waals surface area contributed by atoms with Crippen LogP contribution in [-0.2, 0) is 38.1 Å². The summed E-state index contributed by atoms with van der Waals surface area (Å²) in [5, 5.41) is 0. The number of hydrogen-bond acceptors (Lipinski definition) is 8. The van der Waals surface area contributed by atoms with Crippen LogP contribution in [0.15, 0.2) is 0 Å². The maximum atomic E-state index is 11.3. The van der Waals surface area contributed by atoms with Crippen molar-refractivity contribution in [3.63, 3.8) is 0 Å². The van der Waals surface area contributed by atoms with Gasteiger partial charge in [-0.15, -0.1) is 0 Å². The van der Waals surface area contributed by atoms with Gasteiger partial charge in [-0.05, 0) is 13.8 Å². The number of esters is 4. The number of hydrogen-bond donors (Lipinski definition) is 0. The minimum absolute atomic E-state index is 0.591. The zero-order chi connectivity index (χ0) is 17.4. The molecule has 0 fully saturated rings. The van der Waals surface area contributed by atoms with E-state index in [9.17, 15) is 19.2 Å². The molecule has 0 saturated carbocycles. The summed E-state index contributed by atoms with van der Waals surface area (Å²) in [6, 6.07) is 0. The number of ether oxygens (including phenoxy) is 4. The first-order chi connectivity index (χ1) is 10.0. The van der Waals surface area contributed by atoms with Crippen LogP contribution in [0.25, 0.3) is 0 Å². The Hall–Kier alpha value is -2.12. The lowest BCUT2D eigenvalue weighted by molar-refractivity contribution is -0.195. The van der Waals surface area contributed by atoms with Gasteiger partial charge in [-0.25, -0.2) is 0 Å². The van der Waals surface area contributed by atoms with E-state index in [2.05, 4.69) is 0 Å². The molecule has 126 valence electrons. The molecule has 0 saturated heterocycles. The van der Waals surface area contributed by atoms with Gasteiger partial charge in [0.05, 0.1) is 0 Å². The summed E-state index contributed by atoms with van der Waals surface area (Å²) in [5.41, 5.74) is 0. The summed E-state index contributed by atoms with van der Waals surface area (Å²) in [4.78, 5) is 44.7. The molecule has 0 aliphatic heterocycles. The van der Waals surface area contributed by atoms with E-state index in [0.717, 1.165) is 13.8 Å². The maximum absolute atomic E-state index is 11.3. The normalized spacial score (nSPS) is 15.7. The number of carbonyl (C=O) groups is 4. The highest BCUT2D eigenvalue weighted by Crippen LogP contribution is 2.18. The van der Waals surface area contributed by atoms with Crippen molar-refractivity contribution in [2.45, 2.75) is 66.0 Å². The van der Waals surface area contributed by atoms with Crippen molar-refractivity contribution in [2.24, 2.45) is 0 Å². The number of rotatable bonds is 7. The second-order valence-electron chi connectivity index (χ2n) is 4.78. The third kappa shape index (κ3) is 7.61. The molecule has 0 radical (unpaired) electrons. The Bertz CT molecular complexity index is 391. The highest BCUT2D eigenvalue weighted by molar-refractivity contribution is 5.68. The topological polar surface area (TPSA) is 105 Å². The predicted molar refractivity (Wildman–Crippen MR) is 73.6 cm³/mol. The molecule has 0 aromatic carbocycles. The maximum Gasteiger partial charge on any atom is 0.303 e. The quantitative estimate of drug-likeness (QED) is 0.500. The largest absolute Gasteiger partial charge is 0.459 e. The van der Waals surface area contributed by atoms with E-state index in [1.54, 1.807) is 0 Å². The Labute approximate surface area is 129 Å². The van der Waals surface area contributed by atoms with Crippen molar-refractivity contribution >= 4 is 23.9 Å². The van der Waals surface area contributed by atoms with Crippen LogP contribution in [-0.4, -0.2) is 48.3 Å². The van der Waals surface area contributed by atoms with Gasteiger partial charge >= 0.3 is 23.9 Å². The lowest BCUT2D eigenvalue weighted by Gasteiger charge is -2.33. The van der Waals surface area contributed by atoms with Gasteiger partial charge in [0, 0.05) is 27.7 Å². The standard InChI is InChI=1S/C14H22O8/c1-7(19-9(3)15)13(21-11(5)17)14(22-12(6)18)8(2)20-10(4)16/h7-8,13-14H,1-6H3/t7-,8+,13-,14-/m0/s1. The Kier molecular flexibility index (Phi) is 8.14. The minimum Gasteiger partial charge on any atom is -0.459 e. The summed E-state index contributed by atoms with van der Waals surface area (Å²) >= 11 is 0. The van der Waals surface area contributed by atoms with Crippen molar-refractivity contribution in [1.82, 2.24) is 0 Å². The molecule has 8 heteroatoms. The molecule has 4 atom stereocenters.